The third kappa shape index (κ3) is 2.42. The highest BCUT2D eigenvalue weighted by atomic mass is 79.9. The first-order valence-electron chi connectivity index (χ1n) is 9.44. The second-order valence-electron chi connectivity index (χ2n) is 7.90. The Morgan fingerprint density at radius 1 is 1.08 bits per heavy atom. The van der Waals surface area contributed by atoms with Crippen LogP contribution >= 0.6 is 15.9 Å². The highest BCUT2D eigenvalue weighted by Crippen LogP contribution is 2.55. The van der Waals surface area contributed by atoms with Gasteiger partial charge in [0.15, 0.2) is 0 Å². The number of carbonyl (C=O) groups is 1. The van der Waals surface area contributed by atoms with Gasteiger partial charge in [0.1, 0.15) is 11.5 Å². The van der Waals surface area contributed by atoms with Crippen molar-refractivity contribution in [3.05, 3.63) is 28.2 Å². The summed E-state index contributed by atoms with van der Waals surface area (Å²) in [6, 6.07) is 6.30. The Kier molecular flexibility index (Phi) is 4.25. The fraction of sp³-hybridized carbons (Fsp3) is 0.650. The van der Waals surface area contributed by atoms with Crippen LogP contribution in [0, 0.1) is 10.8 Å². The van der Waals surface area contributed by atoms with E-state index in [2.05, 4.69) is 51.7 Å². The number of hydrogen-bond donors (Lipinski definition) is 0. The van der Waals surface area contributed by atoms with Crippen molar-refractivity contribution in [1.29, 1.82) is 0 Å². The molecule has 1 aromatic carbocycles. The fourth-order valence-electron chi connectivity index (χ4n) is 5.36. The molecule has 1 aromatic rings. The van der Waals surface area contributed by atoms with Crippen LogP contribution in [0.25, 0.3) is 0 Å². The van der Waals surface area contributed by atoms with Gasteiger partial charge in [-0.2, -0.15) is 0 Å². The van der Waals surface area contributed by atoms with E-state index in [0.29, 0.717) is 12.4 Å². The molecule has 0 atom stereocenters. The quantitative estimate of drug-likeness (QED) is 0.743. The molecular formula is C20H27BrN2O2. The monoisotopic (exact) mass is 406 g/mol. The summed E-state index contributed by atoms with van der Waals surface area (Å²) in [5, 5.41) is 0. The van der Waals surface area contributed by atoms with Crippen LogP contribution < -0.4 is 4.74 Å². The van der Waals surface area contributed by atoms with Crippen LogP contribution in [0.3, 0.4) is 0 Å². The summed E-state index contributed by atoms with van der Waals surface area (Å²) in [7, 11) is 0. The molecule has 0 saturated carbocycles. The first-order valence-corrected chi connectivity index (χ1v) is 10.2. The van der Waals surface area contributed by atoms with Crippen molar-refractivity contribution in [3.8, 4) is 5.75 Å². The zero-order valence-corrected chi connectivity index (χ0v) is 16.9. The van der Waals surface area contributed by atoms with Crippen LogP contribution in [0.1, 0.15) is 45.3 Å². The predicted molar refractivity (Wildman–Crippen MR) is 102 cm³/mol. The largest absolute Gasteiger partial charge is 0.493 e. The lowest BCUT2D eigenvalue weighted by atomic mass is 9.58. The molecule has 4 nitrogen and oxygen atoms in total. The Morgan fingerprint density at radius 3 is 2.12 bits per heavy atom. The predicted octanol–water partition coefficient (Wildman–Crippen LogP) is 3.85. The van der Waals surface area contributed by atoms with Gasteiger partial charge in [0.05, 0.1) is 23.6 Å². The maximum Gasteiger partial charge on any atom is 0.150 e. The van der Waals surface area contributed by atoms with Crippen molar-refractivity contribution in [1.82, 2.24) is 9.80 Å². The number of piperidine rings is 2. The molecule has 4 aliphatic heterocycles. The molecule has 4 aliphatic rings. The summed E-state index contributed by atoms with van der Waals surface area (Å²) in [5.74, 6) is 1.49. The molecule has 0 aliphatic carbocycles. The Labute approximate surface area is 158 Å². The number of rotatable bonds is 5. The number of halogens is 1. The minimum atomic E-state index is -0.180. The zero-order valence-electron chi connectivity index (χ0n) is 15.3. The highest BCUT2D eigenvalue weighted by molar-refractivity contribution is 9.10. The van der Waals surface area contributed by atoms with Crippen molar-refractivity contribution in [2.75, 3.05) is 32.8 Å². The van der Waals surface area contributed by atoms with Gasteiger partial charge in [-0.15, -0.1) is 0 Å². The summed E-state index contributed by atoms with van der Waals surface area (Å²) in [4.78, 5) is 18.3. The van der Waals surface area contributed by atoms with Crippen LogP contribution in [0.5, 0.6) is 5.75 Å². The summed E-state index contributed by atoms with van der Waals surface area (Å²) < 4.78 is 7.01. The summed E-state index contributed by atoms with van der Waals surface area (Å²) in [6.07, 6.45) is 2.08. The van der Waals surface area contributed by atoms with Crippen LogP contribution in [0.4, 0.5) is 0 Å². The van der Waals surface area contributed by atoms with E-state index < -0.39 is 0 Å². The number of ether oxygens (including phenoxy) is 1. The lowest BCUT2D eigenvalue weighted by molar-refractivity contribution is -0.204. The van der Waals surface area contributed by atoms with Crippen molar-refractivity contribution in [3.63, 3.8) is 0 Å². The van der Waals surface area contributed by atoms with Crippen LogP contribution in [-0.4, -0.2) is 48.4 Å². The second kappa shape index (κ2) is 6.07. The van der Waals surface area contributed by atoms with E-state index in [1.54, 1.807) is 0 Å². The normalized spacial score (nSPS) is 39.0. The van der Waals surface area contributed by atoms with Gasteiger partial charge in [-0.3, -0.25) is 14.6 Å². The van der Waals surface area contributed by atoms with Gasteiger partial charge in [-0.25, -0.2) is 0 Å². The second-order valence-corrected chi connectivity index (χ2v) is 8.81. The Morgan fingerprint density at radius 2 is 1.64 bits per heavy atom. The van der Waals surface area contributed by atoms with E-state index in [9.17, 15) is 4.79 Å². The van der Waals surface area contributed by atoms with Gasteiger partial charge >= 0.3 is 0 Å². The molecule has 4 fully saturated rings. The molecule has 4 heterocycles. The number of nitrogens with zero attached hydrogens (tertiary/aromatic N) is 2. The lowest BCUT2D eigenvalue weighted by Gasteiger charge is -2.66. The molecule has 0 radical (unpaired) electrons. The third-order valence-corrected chi connectivity index (χ3v) is 7.07. The maximum absolute atomic E-state index is 13.3. The Balaban J connectivity index is 1.77. The van der Waals surface area contributed by atoms with E-state index >= 15 is 0 Å². The van der Waals surface area contributed by atoms with Gasteiger partial charge in [-0.05, 0) is 38.0 Å². The topological polar surface area (TPSA) is 32.8 Å². The summed E-state index contributed by atoms with van der Waals surface area (Å²) >= 11 is 3.63. The summed E-state index contributed by atoms with van der Waals surface area (Å²) in [5.41, 5.74) is 0.863. The van der Waals surface area contributed by atoms with E-state index in [-0.39, 0.29) is 17.0 Å². The molecule has 5 rings (SSSR count). The number of ketones is 1. The molecule has 0 spiro atoms. The highest BCUT2D eigenvalue weighted by Gasteiger charge is 2.64. The zero-order chi connectivity index (χ0) is 17.8. The fourth-order valence-corrected chi connectivity index (χ4v) is 5.74. The SMILES string of the molecule is CCOc1ccc(Br)cc1C1N2CC3(CC)CN1CC(CC)(C2)C3=O. The standard InChI is InChI=1S/C20H27BrN2O2/c1-4-19-10-22-12-20(5-2,18(19)24)13-23(11-19)17(22)15-9-14(21)7-8-16(15)25-6-3/h7-9,17H,4-6,10-13H2,1-3H3. The molecule has 0 unspecified atom stereocenters. The van der Waals surface area contributed by atoms with Crippen molar-refractivity contribution < 1.29 is 9.53 Å². The van der Waals surface area contributed by atoms with Crippen LogP contribution in [-0.2, 0) is 4.79 Å². The number of benzene rings is 1. The average molecular weight is 407 g/mol. The van der Waals surface area contributed by atoms with Gasteiger partial charge in [0, 0.05) is 36.2 Å². The number of hydrogen-bond acceptors (Lipinski definition) is 4. The van der Waals surface area contributed by atoms with Crippen molar-refractivity contribution in [2.24, 2.45) is 10.8 Å². The molecular weight excluding hydrogens is 380 g/mol. The number of carbonyl (C=O) groups excluding carboxylic acids is 1. The van der Waals surface area contributed by atoms with E-state index in [1.165, 1.54) is 5.56 Å². The number of Topliss-reactive ketones (excluding diaryl/α,β-unsaturated/α-hetero) is 1. The molecule has 136 valence electrons. The smallest absolute Gasteiger partial charge is 0.150 e. The van der Waals surface area contributed by atoms with Gasteiger partial charge < -0.3 is 4.74 Å². The Bertz CT molecular complexity index is 663. The van der Waals surface area contributed by atoms with Gasteiger partial charge in [0.2, 0.25) is 0 Å². The minimum absolute atomic E-state index is 0.180. The molecule has 0 amide bonds. The maximum atomic E-state index is 13.3. The van der Waals surface area contributed by atoms with E-state index in [1.807, 2.05) is 13.0 Å². The molecule has 25 heavy (non-hydrogen) atoms. The lowest BCUT2D eigenvalue weighted by Crippen LogP contribution is -2.76. The van der Waals surface area contributed by atoms with Gasteiger partial charge in [-0.1, -0.05) is 29.8 Å². The average Bonchev–Trinajstić information content (AvgIpc) is 2.60. The molecule has 5 heteroatoms. The van der Waals surface area contributed by atoms with Crippen LogP contribution in [0.15, 0.2) is 22.7 Å². The summed E-state index contributed by atoms with van der Waals surface area (Å²) in [6.45, 7) is 10.6. The molecule has 4 bridgehead atoms. The van der Waals surface area contributed by atoms with Gasteiger partial charge in [0.25, 0.3) is 0 Å². The van der Waals surface area contributed by atoms with E-state index in [0.717, 1.165) is 49.2 Å². The van der Waals surface area contributed by atoms with Crippen molar-refractivity contribution in [2.45, 2.75) is 39.8 Å². The molecule has 0 aromatic heterocycles. The van der Waals surface area contributed by atoms with Crippen LogP contribution in [0.2, 0.25) is 0 Å². The van der Waals surface area contributed by atoms with Crippen molar-refractivity contribution >= 4 is 21.7 Å². The Hall–Kier alpha value is -0.910. The first-order chi connectivity index (χ1) is 12.0. The first kappa shape index (κ1) is 17.5. The van der Waals surface area contributed by atoms with E-state index in [4.69, 9.17) is 4.74 Å². The molecule has 0 N–H and O–H groups in total. The molecule has 4 saturated heterocycles. The third-order valence-electron chi connectivity index (χ3n) is 6.58. The minimum Gasteiger partial charge on any atom is -0.493 e.